The van der Waals surface area contributed by atoms with Gasteiger partial charge in [0, 0.05) is 31.4 Å². The Kier molecular flexibility index (Phi) is 3.82. The van der Waals surface area contributed by atoms with Gasteiger partial charge in [-0.2, -0.15) is 10.4 Å². The number of nitrogens with zero attached hydrogens (tertiary/aromatic N) is 6. The molecule has 9 heteroatoms. The van der Waals surface area contributed by atoms with Gasteiger partial charge in [-0.15, -0.1) is 0 Å². The average molecular weight is 432 g/mol. The van der Waals surface area contributed by atoms with E-state index in [1.54, 1.807) is 6.21 Å². The Hall–Kier alpha value is -3.67. The van der Waals surface area contributed by atoms with Gasteiger partial charge < -0.3 is 4.57 Å². The summed E-state index contributed by atoms with van der Waals surface area (Å²) in [6.45, 7) is 0.730. The van der Waals surface area contributed by atoms with Crippen LogP contribution >= 0.6 is 0 Å². The molecular weight excluding hydrogens is 414 g/mol. The molecule has 7 rings (SSSR count). The van der Waals surface area contributed by atoms with Crippen LogP contribution in [-0.2, 0) is 11.3 Å². The van der Waals surface area contributed by atoms with E-state index in [4.69, 9.17) is 5.26 Å². The van der Waals surface area contributed by atoms with Crippen molar-refractivity contribution in [2.45, 2.75) is 38.3 Å². The lowest BCUT2D eigenvalue weighted by Crippen LogP contribution is -2.68. The molecule has 160 valence electrons. The first-order valence-electron chi connectivity index (χ1n) is 10.4. The third kappa shape index (κ3) is 2.68. The molecule has 7 nitrogen and oxygen atoms in total. The number of benzene rings is 1. The van der Waals surface area contributed by atoms with Crippen LogP contribution in [-0.4, -0.2) is 31.7 Å². The van der Waals surface area contributed by atoms with Crippen LogP contribution in [0.2, 0.25) is 0 Å². The lowest BCUT2D eigenvalue weighted by atomic mass is 9.34. The van der Waals surface area contributed by atoms with Crippen molar-refractivity contribution in [3.05, 3.63) is 59.6 Å². The molecule has 0 N–H and O–H groups in total. The van der Waals surface area contributed by atoms with Gasteiger partial charge in [-0.05, 0) is 48.4 Å². The Balaban J connectivity index is 1.17. The maximum atomic E-state index is 13.7. The first-order chi connectivity index (χ1) is 15.4. The van der Waals surface area contributed by atoms with Gasteiger partial charge in [-0.3, -0.25) is 4.79 Å². The van der Waals surface area contributed by atoms with E-state index in [0.717, 1.165) is 37.5 Å². The van der Waals surface area contributed by atoms with Crippen LogP contribution in [0.5, 0.6) is 0 Å². The molecule has 3 aliphatic carbocycles. The number of carbonyl (C=O) groups is 1. The molecule has 3 fully saturated rings. The summed E-state index contributed by atoms with van der Waals surface area (Å²) in [4.78, 5) is 22.0. The van der Waals surface area contributed by atoms with Crippen LogP contribution in [0.15, 0.2) is 41.8 Å². The number of nitriles is 1. The number of halogens is 2. The molecular formula is C23H18F2N6O. The van der Waals surface area contributed by atoms with E-state index < -0.39 is 23.1 Å². The van der Waals surface area contributed by atoms with Gasteiger partial charge in [0.15, 0.2) is 11.3 Å². The molecule has 3 aromatic rings. The van der Waals surface area contributed by atoms with Crippen molar-refractivity contribution < 1.29 is 13.6 Å². The van der Waals surface area contributed by atoms with E-state index in [-0.39, 0.29) is 17.0 Å². The molecule has 3 saturated carbocycles. The average Bonchev–Trinajstić information content (AvgIpc) is 3.35. The van der Waals surface area contributed by atoms with E-state index in [0.29, 0.717) is 17.5 Å². The zero-order valence-electron chi connectivity index (χ0n) is 17.0. The lowest BCUT2D eigenvalue weighted by Gasteiger charge is -2.70. The van der Waals surface area contributed by atoms with Crippen LogP contribution in [0.4, 0.5) is 8.78 Å². The Labute approximate surface area is 182 Å². The summed E-state index contributed by atoms with van der Waals surface area (Å²) in [5, 5.41) is 14.6. The van der Waals surface area contributed by atoms with E-state index in [1.165, 1.54) is 23.3 Å². The van der Waals surface area contributed by atoms with Crippen LogP contribution < -0.4 is 0 Å². The van der Waals surface area contributed by atoms with Gasteiger partial charge in [-0.1, -0.05) is 0 Å². The standard InChI is InChI=1S/C23H18F2N6O/c24-15-5-14(6-16(25)7-15)19-1-3-28-31(19)21(32)23-10-22(11-23,12-23)13-30-4-2-18-20(30)27-9-17(8-26)29-18/h2-7,9,19H,1,10-13H2. The summed E-state index contributed by atoms with van der Waals surface area (Å²) in [7, 11) is 0. The number of aromatic nitrogens is 3. The molecule has 3 heterocycles. The molecule has 32 heavy (non-hydrogen) atoms. The fraction of sp³-hybridized carbons (Fsp3) is 0.348. The monoisotopic (exact) mass is 432 g/mol. The Morgan fingerprint density at radius 2 is 1.97 bits per heavy atom. The van der Waals surface area contributed by atoms with E-state index in [2.05, 4.69) is 15.1 Å². The molecule has 1 aliphatic heterocycles. The highest BCUT2D eigenvalue weighted by Crippen LogP contribution is 2.74. The highest BCUT2D eigenvalue weighted by atomic mass is 19.1. The molecule has 0 radical (unpaired) electrons. The zero-order valence-corrected chi connectivity index (χ0v) is 17.0. The van der Waals surface area contributed by atoms with Crippen LogP contribution in [0, 0.1) is 33.8 Å². The number of amides is 1. The number of hydrogen-bond acceptors (Lipinski definition) is 5. The highest BCUT2D eigenvalue weighted by molar-refractivity contribution is 5.88. The summed E-state index contributed by atoms with van der Waals surface area (Å²) in [5.74, 6) is -1.39. The SMILES string of the molecule is N#Cc1cnc2c(ccn2CC23CC(C(=O)N4N=CCC4c4cc(F)cc(F)c4)(C2)C3)n1. The van der Waals surface area contributed by atoms with Crippen LogP contribution in [0.1, 0.15) is 43.0 Å². The van der Waals surface area contributed by atoms with Gasteiger partial charge in [0.25, 0.3) is 0 Å². The minimum atomic E-state index is -0.660. The molecule has 1 aromatic carbocycles. The minimum absolute atomic E-state index is 0.0289. The number of hydrazone groups is 1. The number of rotatable bonds is 4. The second kappa shape index (κ2) is 6.42. The third-order valence-corrected chi connectivity index (χ3v) is 6.99. The maximum absolute atomic E-state index is 13.7. The highest BCUT2D eigenvalue weighted by Gasteiger charge is 2.72. The normalized spacial score (nSPS) is 27.8. The summed E-state index contributed by atoms with van der Waals surface area (Å²) in [6.07, 6.45) is 7.70. The molecule has 1 unspecified atom stereocenters. The fourth-order valence-electron chi connectivity index (χ4n) is 5.79. The minimum Gasteiger partial charge on any atom is -0.331 e. The second-order valence-corrected chi connectivity index (χ2v) is 9.23. The number of carbonyl (C=O) groups excluding carboxylic acids is 1. The first kappa shape index (κ1) is 19.0. The van der Waals surface area contributed by atoms with Crippen LogP contribution in [0.25, 0.3) is 11.2 Å². The molecule has 1 atom stereocenters. The second-order valence-electron chi connectivity index (χ2n) is 9.23. The first-order valence-corrected chi connectivity index (χ1v) is 10.4. The number of fused-ring (bicyclic) bond motifs is 1. The molecule has 2 bridgehead atoms. The Morgan fingerprint density at radius 3 is 2.69 bits per heavy atom. The van der Waals surface area contributed by atoms with Gasteiger partial charge in [0.2, 0.25) is 5.91 Å². The van der Waals surface area contributed by atoms with E-state index >= 15 is 0 Å². The van der Waals surface area contributed by atoms with Crippen molar-refractivity contribution in [3.63, 3.8) is 0 Å². The predicted molar refractivity (Wildman–Crippen MR) is 110 cm³/mol. The van der Waals surface area contributed by atoms with Crippen molar-refractivity contribution in [2.24, 2.45) is 15.9 Å². The summed E-state index contributed by atoms with van der Waals surface area (Å²) in [6, 6.07) is 6.72. The summed E-state index contributed by atoms with van der Waals surface area (Å²) < 4.78 is 29.4. The topological polar surface area (TPSA) is 87.2 Å². The lowest BCUT2D eigenvalue weighted by molar-refractivity contribution is -0.222. The smallest absolute Gasteiger partial charge is 0.249 e. The van der Waals surface area contributed by atoms with Crippen molar-refractivity contribution in [1.82, 2.24) is 19.5 Å². The quantitative estimate of drug-likeness (QED) is 0.629. The molecule has 2 aromatic heterocycles. The summed E-state index contributed by atoms with van der Waals surface area (Å²) in [5.41, 5.74) is 1.69. The largest absolute Gasteiger partial charge is 0.331 e. The maximum Gasteiger partial charge on any atom is 0.249 e. The Morgan fingerprint density at radius 1 is 1.22 bits per heavy atom. The predicted octanol–water partition coefficient (Wildman–Crippen LogP) is 3.71. The van der Waals surface area contributed by atoms with Gasteiger partial charge >= 0.3 is 0 Å². The zero-order chi connectivity index (χ0) is 22.1. The third-order valence-electron chi connectivity index (χ3n) is 6.99. The van der Waals surface area contributed by atoms with Crippen molar-refractivity contribution in [2.75, 3.05) is 0 Å². The fourth-order valence-corrected chi connectivity index (χ4v) is 5.79. The molecule has 0 saturated heterocycles. The molecule has 4 aliphatic rings. The van der Waals surface area contributed by atoms with E-state index in [1.807, 2.05) is 22.9 Å². The van der Waals surface area contributed by atoms with Gasteiger partial charge in [0.05, 0.1) is 17.7 Å². The van der Waals surface area contributed by atoms with Crippen molar-refractivity contribution >= 4 is 23.3 Å². The number of hydrogen-bond donors (Lipinski definition) is 0. The van der Waals surface area contributed by atoms with Crippen LogP contribution in [0.3, 0.4) is 0 Å². The van der Waals surface area contributed by atoms with Crippen molar-refractivity contribution in [1.29, 1.82) is 5.26 Å². The molecule has 0 spiro atoms. The van der Waals surface area contributed by atoms with E-state index in [9.17, 15) is 13.6 Å². The Bertz CT molecular complexity index is 1320. The van der Waals surface area contributed by atoms with Gasteiger partial charge in [0.1, 0.15) is 23.2 Å². The summed E-state index contributed by atoms with van der Waals surface area (Å²) >= 11 is 0. The van der Waals surface area contributed by atoms with Crippen molar-refractivity contribution in [3.8, 4) is 6.07 Å². The molecule has 1 amide bonds. The van der Waals surface area contributed by atoms with Gasteiger partial charge in [-0.25, -0.2) is 23.8 Å².